The molecule has 0 aliphatic carbocycles. The second kappa shape index (κ2) is 38.6. The molecule has 6 aliphatic rings. The van der Waals surface area contributed by atoms with Gasteiger partial charge in [-0.2, -0.15) is 0 Å². The minimum Gasteiger partial charge on any atom is -0.494 e. The van der Waals surface area contributed by atoms with Crippen LogP contribution in [0.1, 0.15) is 104 Å². The van der Waals surface area contributed by atoms with E-state index in [4.69, 9.17) is 61.6 Å². The molecule has 99 heavy (non-hydrogen) atoms. The number of carbonyl (C=O) groups excluding carboxylic acids is 5. The van der Waals surface area contributed by atoms with E-state index in [0.29, 0.717) is 18.8 Å². The first-order chi connectivity index (χ1) is 47.2. The van der Waals surface area contributed by atoms with Crippen LogP contribution in [0.4, 0.5) is 0 Å². The minimum atomic E-state index is -2.05. The topological polar surface area (TPSA) is 508 Å². The van der Waals surface area contributed by atoms with E-state index in [1.54, 1.807) is 26.0 Å². The van der Waals surface area contributed by atoms with E-state index in [1.165, 1.54) is 32.1 Å². The van der Waals surface area contributed by atoms with Crippen molar-refractivity contribution in [1.29, 1.82) is 0 Å². The smallest absolute Gasteiger partial charge is 0.251 e. The van der Waals surface area contributed by atoms with Crippen LogP contribution in [0.25, 0.3) is 0 Å². The van der Waals surface area contributed by atoms with Gasteiger partial charge < -0.3 is 149 Å². The highest BCUT2D eigenvalue weighted by atomic mass is 16.8. The summed E-state index contributed by atoms with van der Waals surface area (Å²) in [7, 11) is 1.37. The van der Waals surface area contributed by atoms with Crippen molar-refractivity contribution in [3.05, 3.63) is 42.0 Å². The molecular weight excluding hydrogens is 1320 g/mol. The molecule has 35 heteroatoms. The molecule has 30 atom stereocenters. The average molecular weight is 1420 g/mol. The number of methoxy groups -OCH3 is 1. The van der Waals surface area contributed by atoms with Gasteiger partial charge in [0.1, 0.15) is 134 Å². The first-order valence-electron chi connectivity index (χ1n) is 33.5. The lowest BCUT2D eigenvalue weighted by atomic mass is 9.91. The van der Waals surface area contributed by atoms with E-state index < -0.39 is 246 Å². The molecule has 564 valence electrons. The molecule has 6 saturated heterocycles. The third-order valence-corrected chi connectivity index (χ3v) is 18.2. The zero-order valence-electron chi connectivity index (χ0n) is 56.7. The molecular formula is C64H103N5O30. The molecule has 0 radical (unpaired) electrons. The summed E-state index contributed by atoms with van der Waals surface area (Å²) < 4.78 is 78.7. The highest BCUT2D eigenvalue weighted by Crippen LogP contribution is 2.37. The van der Waals surface area contributed by atoms with Crippen molar-refractivity contribution in [3.8, 4) is 5.75 Å². The van der Waals surface area contributed by atoms with E-state index in [9.17, 15) is 85.3 Å². The SMILES string of the molecule is CCCCCC/C=C\CCCOc1cccc(C(=O)NC2[C@H](O[C@H]3C(O)C(NC(C)=O)C(OC4C(CO)O[C@@H](O[C@H]5C(O)C(NC(C)=O)C(OC6C(CO[C@@H]7OC(C)C(O)[C@H](C)[C@H]7OC)OC(O)[C@@H](NC(C)=O)[C@H]6O)O[C@H]5CO)[C@@H](NC(C)=O)[C@H]4O)O[C@H]3CO)OC(CO)[C@@H](O)[C@@H]2O)c1. The number of carbonyl (C=O) groups is 5. The summed E-state index contributed by atoms with van der Waals surface area (Å²) in [6, 6.07) is -2.33. The van der Waals surface area contributed by atoms with Gasteiger partial charge in [-0.3, -0.25) is 24.0 Å². The van der Waals surface area contributed by atoms with Crippen molar-refractivity contribution in [2.45, 2.75) is 271 Å². The summed E-state index contributed by atoms with van der Waals surface area (Å²) in [4.78, 5) is 65.2. The van der Waals surface area contributed by atoms with Crippen LogP contribution in [0.2, 0.25) is 0 Å². The molecule has 5 amide bonds. The van der Waals surface area contributed by atoms with Crippen molar-refractivity contribution in [2.24, 2.45) is 5.92 Å². The number of ether oxygens (including phenoxy) is 13. The molecule has 1 aromatic rings. The van der Waals surface area contributed by atoms with Gasteiger partial charge >= 0.3 is 0 Å². The van der Waals surface area contributed by atoms with Gasteiger partial charge in [0.15, 0.2) is 37.7 Å². The lowest BCUT2D eigenvalue weighted by Gasteiger charge is -2.51. The standard InChI is InChI=1S/C64H103N5O30/c1-9-10-11-12-13-14-15-16-17-21-88-35-20-18-19-34(22-35)58(85)69-42-48(80)47(79)36(23-70)92-60(42)96-54-37(24-71)93-61(43(50(54)82)66-31(5)75)97-55-38(25-72)94-62(44(51(55)83)67-32(6)76)98-56-39(26-73)95-63(45(52(56)84)68-33(7)77)99-57-40(91-59(86)41(49(57)81)65-30(4)74)27-89-64-53(87-8)28(2)46(78)29(3)90-64/h14-15,18-20,22,28-29,36-57,59-64,70-73,78-84,86H,9-13,16-17,21,23-27H2,1-8H3,(H,65,74)(H,66,75)(H,67,76)(H,68,77)(H,69,85)/b15-14-/t28-,29?,36?,37-,38?,39-,40?,41-,42?,43?,44-,45?,46?,47+,48+,49+,50?,51+,52?,53+,54+,55?,56+,57?,59?,60-,61?,62-,63?,64+/m0/s1. The predicted octanol–water partition coefficient (Wildman–Crippen LogP) is -5.45. The molecule has 6 aliphatic heterocycles. The summed E-state index contributed by atoms with van der Waals surface area (Å²) in [5, 5.41) is 148. The number of aliphatic hydroxyl groups is 12. The van der Waals surface area contributed by atoms with E-state index >= 15 is 0 Å². The Balaban J connectivity index is 1.07. The Hall–Kier alpha value is -4.85. The van der Waals surface area contributed by atoms with Crippen LogP contribution in [0.3, 0.4) is 0 Å². The molecule has 0 bridgehead atoms. The van der Waals surface area contributed by atoms with Gasteiger partial charge in [0, 0.05) is 46.3 Å². The first kappa shape index (κ1) is 81.4. The van der Waals surface area contributed by atoms with Crippen LogP contribution < -0.4 is 31.3 Å². The fourth-order valence-corrected chi connectivity index (χ4v) is 13.0. The normalized spacial score (nSPS) is 39.6. The van der Waals surface area contributed by atoms with E-state index in [-0.39, 0.29) is 5.56 Å². The van der Waals surface area contributed by atoms with Gasteiger partial charge in [0.2, 0.25) is 23.6 Å². The number of rotatable bonds is 32. The Morgan fingerprint density at radius 2 is 0.909 bits per heavy atom. The van der Waals surface area contributed by atoms with Crippen LogP contribution in [0.5, 0.6) is 5.75 Å². The Bertz CT molecular complexity index is 2730. The first-order valence-corrected chi connectivity index (χ1v) is 33.5. The van der Waals surface area contributed by atoms with E-state index in [0.717, 1.165) is 53.4 Å². The van der Waals surface area contributed by atoms with Crippen LogP contribution in [0, 0.1) is 5.92 Å². The van der Waals surface area contributed by atoms with Crippen molar-refractivity contribution in [1.82, 2.24) is 26.6 Å². The molecule has 6 heterocycles. The monoisotopic (exact) mass is 1420 g/mol. The lowest BCUT2D eigenvalue weighted by molar-refractivity contribution is -0.368. The Morgan fingerprint density at radius 1 is 0.475 bits per heavy atom. The van der Waals surface area contributed by atoms with Gasteiger partial charge in [-0.15, -0.1) is 0 Å². The summed E-state index contributed by atoms with van der Waals surface area (Å²) in [5.74, 6) is -4.10. The molecule has 15 unspecified atom stereocenters. The zero-order chi connectivity index (χ0) is 72.5. The molecule has 1 aromatic carbocycles. The maximum absolute atomic E-state index is 14.0. The fourth-order valence-electron chi connectivity index (χ4n) is 13.0. The Kier molecular flexibility index (Phi) is 31.8. The van der Waals surface area contributed by atoms with Gasteiger partial charge in [0.25, 0.3) is 5.91 Å². The third-order valence-electron chi connectivity index (χ3n) is 18.2. The molecule has 6 fully saturated rings. The largest absolute Gasteiger partial charge is 0.494 e. The number of nitrogens with one attached hydrogen (secondary N) is 5. The molecule has 7 rings (SSSR count). The molecule has 17 N–H and O–H groups in total. The van der Waals surface area contributed by atoms with Crippen LogP contribution in [0.15, 0.2) is 36.4 Å². The second-order valence-corrected chi connectivity index (χ2v) is 25.7. The third kappa shape index (κ3) is 21.0. The van der Waals surface area contributed by atoms with E-state index in [1.807, 2.05) is 0 Å². The van der Waals surface area contributed by atoms with Gasteiger partial charge in [-0.25, -0.2) is 0 Å². The zero-order valence-corrected chi connectivity index (χ0v) is 56.7. The number of amides is 5. The lowest BCUT2D eigenvalue weighted by Crippen LogP contribution is -2.72. The predicted molar refractivity (Wildman–Crippen MR) is 336 cm³/mol. The van der Waals surface area contributed by atoms with Gasteiger partial charge in [-0.05, 0) is 50.8 Å². The summed E-state index contributed by atoms with van der Waals surface area (Å²) >= 11 is 0. The highest BCUT2D eigenvalue weighted by molar-refractivity contribution is 5.94. The number of unbranched alkanes of at least 4 members (excludes halogenated alkanes) is 5. The fraction of sp³-hybridized carbons (Fsp3) is 0.797. The van der Waals surface area contributed by atoms with Crippen molar-refractivity contribution < 1.29 is 147 Å². The number of allylic oxidation sites excluding steroid dienone is 2. The van der Waals surface area contributed by atoms with Gasteiger partial charge in [-0.1, -0.05) is 51.3 Å². The number of benzene rings is 1. The van der Waals surface area contributed by atoms with E-state index in [2.05, 4.69) is 45.7 Å². The molecule has 0 spiro atoms. The summed E-state index contributed by atoms with van der Waals surface area (Å²) in [6.07, 6.45) is -28.6. The number of aliphatic hydroxyl groups excluding tert-OH is 12. The Labute approximate surface area is 572 Å². The van der Waals surface area contributed by atoms with Crippen LogP contribution >= 0.6 is 0 Å². The van der Waals surface area contributed by atoms with Crippen molar-refractivity contribution in [2.75, 3.05) is 46.8 Å². The van der Waals surface area contributed by atoms with Gasteiger partial charge in [0.05, 0.1) is 51.8 Å². The number of hydrogen-bond acceptors (Lipinski definition) is 30. The van der Waals surface area contributed by atoms with Crippen LogP contribution in [-0.2, 0) is 76.0 Å². The molecule has 0 saturated carbocycles. The maximum atomic E-state index is 14.0. The molecule has 35 nitrogen and oxygen atoms in total. The van der Waals surface area contributed by atoms with Crippen molar-refractivity contribution >= 4 is 29.5 Å². The highest BCUT2D eigenvalue weighted by Gasteiger charge is 2.58. The quantitative estimate of drug-likeness (QED) is 0.0236. The number of hydrogen-bond donors (Lipinski definition) is 17. The van der Waals surface area contributed by atoms with Crippen LogP contribution in [-0.4, -0.2) is 315 Å². The molecule has 0 aromatic heterocycles. The second-order valence-electron chi connectivity index (χ2n) is 25.7. The summed E-state index contributed by atoms with van der Waals surface area (Å²) in [6.45, 7) is 5.62. The minimum absolute atomic E-state index is 0.0529. The maximum Gasteiger partial charge on any atom is 0.251 e. The summed E-state index contributed by atoms with van der Waals surface area (Å²) in [5.41, 5.74) is 0.0529. The van der Waals surface area contributed by atoms with Crippen molar-refractivity contribution in [3.63, 3.8) is 0 Å². The average Bonchev–Trinajstić information content (AvgIpc) is 0.771. The Morgan fingerprint density at radius 3 is 1.36 bits per heavy atom.